The minimum absolute atomic E-state index is 0.207. The Labute approximate surface area is 178 Å². The van der Waals surface area contributed by atoms with Crippen LogP contribution in [0.15, 0.2) is 53.7 Å². The average molecular weight is 414 g/mol. The Kier molecular flexibility index (Phi) is 8.59. The molecule has 2 aromatic rings. The highest BCUT2D eigenvalue weighted by Crippen LogP contribution is 2.18. The number of aliphatic imine (C=N–C) groups is 1. The summed E-state index contributed by atoms with van der Waals surface area (Å²) in [7, 11) is 1.65. The van der Waals surface area contributed by atoms with Crippen molar-refractivity contribution in [3.63, 3.8) is 0 Å². The second-order valence-electron chi connectivity index (χ2n) is 7.51. The number of rotatable bonds is 8. The van der Waals surface area contributed by atoms with Crippen molar-refractivity contribution >= 4 is 5.96 Å². The minimum atomic E-state index is -0.249. The van der Waals surface area contributed by atoms with Gasteiger partial charge in [-0.1, -0.05) is 18.2 Å². The van der Waals surface area contributed by atoms with E-state index in [1.54, 1.807) is 19.2 Å². The van der Waals surface area contributed by atoms with Crippen molar-refractivity contribution in [2.45, 2.75) is 38.5 Å². The van der Waals surface area contributed by atoms with Crippen LogP contribution in [0.25, 0.3) is 0 Å². The lowest BCUT2D eigenvalue weighted by atomic mass is 10.0. The molecule has 1 aromatic carbocycles. The highest BCUT2D eigenvalue weighted by Gasteiger charge is 2.20. The van der Waals surface area contributed by atoms with E-state index in [2.05, 4.69) is 33.5 Å². The number of pyridine rings is 1. The fraction of sp³-hybridized carbons (Fsp3) is 0.478. The molecule has 2 heterocycles. The predicted molar refractivity (Wildman–Crippen MR) is 118 cm³/mol. The molecule has 6 nitrogen and oxygen atoms in total. The molecule has 0 radical (unpaired) electrons. The molecule has 162 valence electrons. The van der Waals surface area contributed by atoms with E-state index in [9.17, 15) is 4.39 Å². The van der Waals surface area contributed by atoms with Gasteiger partial charge in [0.1, 0.15) is 11.9 Å². The van der Waals surface area contributed by atoms with Crippen LogP contribution in [0.1, 0.15) is 37.1 Å². The number of halogens is 1. The molecule has 1 aliphatic heterocycles. The van der Waals surface area contributed by atoms with E-state index in [0.717, 1.165) is 56.2 Å². The largest absolute Gasteiger partial charge is 0.375 e. The van der Waals surface area contributed by atoms with Gasteiger partial charge in [0, 0.05) is 45.5 Å². The second-order valence-corrected chi connectivity index (χ2v) is 7.51. The third-order valence-corrected chi connectivity index (χ3v) is 5.33. The van der Waals surface area contributed by atoms with Gasteiger partial charge in [0.05, 0.1) is 12.2 Å². The maximum Gasteiger partial charge on any atom is 0.191 e. The van der Waals surface area contributed by atoms with Crippen molar-refractivity contribution in [2.24, 2.45) is 4.99 Å². The Morgan fingerprint density at radius 3 is 2.63 bits per heavy atom. The van der Waals surface area contributed by atoms with E-state index in [-0.39, 0.29) is 11.9 Å². The number of likely N-dealkylation sites (tertiary alicyclic amines) is 1. The van der Waals surface area contributed by atoms with E-state index in [4.69, 9.17) is 9.73 Å². The molecule has 2 N–H and O–H groups in total. The van der Waals surface area contributed by atoms with Crippen molar-refractivity contribution in [3.05, 3.63) is 65.7 Å². The molecule has 7 heteroatoms. The van der Waals surface area contributed by atoms with Crippen LogP contribution in [0.4, 0.5) is 4.39 Å². The Balaban J connectivity index is 1.51. The van der Waals surface area contributed by atoms with Crippen molar-refractivity contribution in [3.8, 4) is 0 Å². The molecule has 1 saturated heterocycles. The number of nitrogens with zero attached hydrogens (tertiary/aromatic N) is 3. The van der Waals surface area contributed by atoms with Crippen LogP contribution in [0.2, 0.25) is 0 Å². The number of guanidine groups is 1. The quantitative estimate of drug-likeness (QED) is 0.514. The smallest absolute Gasteiger partial charge is 0.191 e. The van der Waals surface area contributed by atoms with Crippen molar-refractivity contribution < 1.29 is 9.13 Å². The fourth-order valence-electron chi connectivity index (χ4n) is 3.64. The lowest BCUT2D eigenvalue weighted by Gasteiger charge is -2.33. The van der Waals surface area contributed by atoms with Gasteiger partial charge < -0.3 is 15.4 Å². The molecule has 1 aromatic heterocycles. The topological polar surface area (TPSA) is 61.8 Å². The van der Waals surface area contributed by atoms with E-state index >= 15 is 0 Å². The summed E-state index contributed by atoms with van der Waals surface area (Å²) in [6, 6.07) is 12.8. The van der Waals surface area contributed by atoms with Gasteiger partial charge in [-0.2, -0.15) is 0 Å². The summed E-state index contributed by atoms with van der Waals surface area (Å²) >= 11 is 0. The molecular formula is C23H32FN5O. The van der Waals surface area contributed by atoms with Crippen LogP contribution >= 0.6 is 0 Å². The molecule has 1 unspecified atom stereocenters. The number of nitrogens with one attached hydrogen (secondary N) is 2. The van der Waals surface area contributed by atoms with Gasteiger partial charge in [-0.15, -0.1) is 0 Å². The molecule has 30 heavy (non-hydrogen) atoms. The first-order chi connectivity index (χ1) is 14.7. The van der Waals surface area contributed by atoms with Crippen LogP contribution in [0.5, 0.6) is 0 Å². The number of hydrogen-bond donors (Lipinski definition) is 2. The first-order valence-electron chi connectivity index (χ1n) is 10.6. The maximum atomic E-state index is 13.2. The standard InChI is InChI=1S/C23H32FN5O/c1-3-25-23(27-16-22(30-2)18-7-9-19(24)10-8-18)28-20-11-14-29(15-12-20)17-21-6-4-5-13-26-21/h4-10,13,20,22H,3,11-12,14-17H2,1-2H3,(H2,25,27,28). The molecule has 1 fully saturated rings. The summed E-state index contributed by atoms with van der Waals surface area (Å²) in [4.78, 5) is 11.6. The SMILES string of the molecule is CCNC(=NCC(OC)c1ccc(F)cc1)NC1CCN(Cc2ccccn2)CC1. The molecule has 0 aliphatic carbocycles. The summed E-state index contributed by atoms with van der Waals surface area (Å²) < 4.78 is 18.8. The molecule has 0 saturated carbocycles. The minimum Gasteiger partial charge on any atom is -0.375 e. The number of piperidine rings is 1. The maximum absolute atomic E-state index is 13.2. The number of ether oxygens (including phenoxy) is 1. The Morgan fingerprint density at radius 1 is 1.23 bits per heavy atom. The van der Waals surface area contributed by atoms with Crippen LogP contribution < -0.4 is 10.6 Å². The van der Waals surface area contributed by atoms with Crippen molar-refractivity contribution in [1.82, 2.24) is 20.5 Å². The monoisotopic (exact) mass is 413 g/mol. The molecule has 0 spiro atoms. The Bertz CT molecular complexity index is 776. The van der Waals surface area contributed by atoms with Gasteiger partial charge in [0.2, 0.25) is 0 Å². The number of benzene rings is 1. The number of methoxy groups -OCH3 is 1. The number of aromatic nitrogens is 1. The van der Waals surface area contributed by atoms with E-state index in [0.29, 0.717) is 12.6 Å². The second kappa shape index (κ2) is 11.6. The first-order valence-corrected chi connectivity index (χ1v) is 10.6. The van der Waals surface area contributed by atoms with E-state index in [1.807, 2.05) is 18.3 Å². The molecule has 0 amide bonds. The van der Waals surface area contributed by atoms with Crippen molar-refractivity contribution in [1.29, 1.82) is 0 Å². The molecule has 3 rings (SSSR count). The van der Waals surface area contributed by atoms with Gasteiger partial charge in [0.25, 0.3) is 0 Å². The van der Waals surface area contributed by atoms with Crippen LogP contribution in [-0.2, 0) is 11.3 Å². The van der Waals surface area contributed by atoms with Crippen molar-refractivity contribution in [2.75, 3.05) is 33.3 Å². The van der Waals surface area contributed by atoms with Crippen LogP contribution in [-0.4, -0.2) is 55.2 Å². The zero-order chi connectivity index (χ0) is 21.2. The summed E-state index contributed by atoms with van der Waals surface area (Å²) in [5.74, 6) is 0.548. The zero-order valence-corrected chi connectivity index (χ0v) is 17.9. The highest BCUT2D eigenvalue weighted by atomic mass is 19.1. The summed E-state index contributed by atoms with van der Waals surface area (Å²) in [6.07, 6.45) is 3.76. The third kappa shape index (κ3) is 6.78. The lowest BCUT2D eigenvalue weighted by molar-refractivity contribution is 0.110. The van der Waals surface area contributed by atoms with Crippen LogP contribution in [0, 0.1) is 5.82 Å². The molecule has 1 aliphatic rings. The van der Waals surface area contributed by atoms with Crippen LogP contribution in [0.3, 0.4) is 0 Å². The summed E-state index contributed by atoms with van der Waals surface area (Å²) in [6.45, 7) is 6.28. The molecular weight excluding hydrogens is 381 g/mol. The van der Waals surface area contributed by atoms with Gasteiger partial charge >= 0.3 is 0 Å². The van der Waals surface area contributed by atoms with E-state index < -0.39 is 0 Å². The van der Waals surface area contributed by atoms with Gasteiger partial charge in [-0.05, 0) is 49.6 Å². The summed E-state index contributed by atoms with van der Waals surface area (Å²) in [5, 5.41) is 6.88. The molecule has 0 bridgehead atoms. The van der Waals surface area contributed by atoms with Gasteiger partial charge in [-0.3, -0.25) is 14.9 Å². The average Bonchev–Trinajstić information content (AvgIpc) is 2.77. The zero-order valence-electron chi connectivity index (χ0n) is 17.9. The highest BCUT2D eigenvalue weighted by molar-refractivity contribution is 5.80. The Hall–Kier alpha value is -2.51. The first kappa shape index (κ1) is 22.2. The molecule has 1 atom stereocenters. The van der Waals surface area contributed by atoms with Gasteiger partial charge in [-0.25, -0.2) is 4.39 Å². The fourth-order valence-corrected chi connectivity index (χ4v) is 3.64. The third-order valence-electron chi connectivity index (χ3n) is 5.33. The van der Waals surface area contributed by atoms with E-state index in [1.165, 1.54) is 12.1 Å². The lowest BCUT2D eigenvalue weighted by Crippen LogP contribution is -2.48. The number of hydrogen-bond acceptors (Lipinski definition) is 4. The Morgan fingerprint density at radius 2 is 2.00 bits per heavy atom. The summed E-state index contributed by atoms with van der Waals surface area (Å²) in [5.41, 5.74) is 2.03. The predicted octanol–water partition coefficient (Wildman–Crippen LogP) is 3.13. The normalized spacial score (nSPS) is 17.0. The van der Waals surface area contributed by atoms with Gasteiger partial charge in [0.15, 0.2) is 5.96 Å².